The van der Waals surface area contributed by atoms with Gasteiger partial charge in [0.15, 0.2) is 0 Å². The largest absolute Gasteiger partial charge is 0.465 e. The van der Waals surface area contributed by atoms with Crippen LogP contribution in [-0.2, 0) is 6.54 Å². The van der Waals surface area contributed by atoms with Crippen molar-refractivity contribution in [2.75, 3.05) is 13.1 Å². The summed E-state index contributed by atoms with van der Waals surface area (Å²) in [6, 6.07) is 4.12. The molecule has 5 heteroatoms. The molecule has 0 spiro atoms. The van der Waals surface area contributed by atoms with E-state index in [1.807, 2.05) is 12.3 Å². The molecule has 0 aromatic carbocycles. The molecule has 0 atom stereocenters. The lowest BCUT2D eigenvalue weighted by Crippen LogP contribution is -2.36. The first-order valence-corrected chi connectivity index (χ1v) is 8.12. The van der Waals surface area contributed by atoms with E-state index < -0.39 is 6.09 Å². The predicted molar refractivity (Wildman–Crippen MR) is 86.2 cm³/mol. The fourth-order valence-electron chi connectivity index (χ4n) is 3.34. The highest BCUT2D eigenvalue weighted by Gasteiger charge is 2.26. The van der Waals surface area contributed by atoms with E-state index in [-0.39, 0.29) is 0 Å². The number of aryl methyl sites for hydroxylation is 1. The fourth-order valence-corrected chi connectivity index (χ4v) is 3.34. The van der Waals surface area contributed by atoms with E-state index in [0.29, 0.717) is 19.0 Å². The Labute approximate surface area is 130 Å². The Kier molecular flexibility index (Phi) is 4.32. The number of likely N-dealkylation sites (tertiary alicyclic amines) is 1. The van der Waals surface area contributed by atoms with Crippen molar-refractivity contribution in [3.63, 3.8) is 0 Å². The van der Waals surface area contributed by atoms with Gasteiger partial charge in [-0.05, 0) is 42.9 Å². The van der Waals surface area contributed by atoms with E-state index in [1.54, 1.807) is 0 Å². The second-order valence-electron chi connectivity index (χ2n) is 6.05. The van der Waals surface area contributed by atoms with Crippen LogP contribution in [0.2, 0.25) is 0 Å². The first kappa shape index (κ1) is 14.9. The van der Waals surface area contributed by atoms with Crippen molar-refractivity contribution >= 4 is 17.1 Å². The van der Waals surface area contributed by atoms with Gasteiger partial charge in [0.05, 0.1) is 11.0 Å². The van der Waals surface area contributed by atoms with Crippen molar-refractivity contribution in [1.29, 1.82) is 0 Å². The zero-order valence-corrected chi connectivity index (χ0v) is 13.0. The number of rotatable bonds is 4. The number of amides is 1. The topological polar surface area (TPSA) is 58.4 Å². The number of unbranched alkanes of at least 4 members (excludes halogenated alkanes) is 1. The number of hydrogen-bond acceptors (Lipinski definition) is 2. The van der Waals surface area contributed by atoms with Gasteiger partial charge in [0.25, 0.3) is 0 Å². The van der Waals surface area contributed by atoms with Crippen molar-refractivity contribution in [2.24, 2.45) is 0 Å². The lowest BCUT2D eigenvalue weighted by molar-refractivity contribution is 0.132. The molecule has 0 aliphatic carbocycles. The minimum Gasteiger partial charge on any atom is -0.465 e. The Hall–Kier alpha value is -2.04. The van der Waals surface area contributed by atoms with Gasteiger partial charge >= 0.3 is 6.09 Å². The Bertz CT molecular complexity index is 657. The molecular weight excluding hydrogens is 278 g/mol. The summed E-state index contributed by atoms with van der Waals surface area (Å²) in [5, 5.41) is 9.08. The van der Waals surface area contributed by atoms with Crippen LogP contribution in [0.1, 0.15) is 44.1 Å². The predicted octanol–water partition coefficient (Wildman–Crippen LogP) is 3.69. The number of piperidine rings is 1. The van der Waals surface area contributed by atoms with Gasteiger partial charge in [0.2, 0.25) is 0 Å². The van der Waals surface area contributed by atoms with Crippen LogP contribution in [0.25, 0.3) is 11.0 Å². The molecule has 1 aliphatic rings. The molecule has 0 bridgehead atoms. The van der Waals surface area contributed by atoms with E-state index in [4.69, 9.17) is 5.11 Å². The van der Waals surface area contributed by atoms with Crippen LogP contribution < -0.4 is 0 Å². The Morgan fingerprint density at radius 2 is 2.18 bits per heavy atom. The summed E-state index contributed by atoms with van der Waals surface area (Å²) in [5.41, 5.74) is 3.58. The van der Waals surface area contributed by atoms with Gasteiger partial charge < -0.3 is 14.6 Å². The van der Waals surface area contributed by atoms with Crippen molar-refractivity contribution in [1.82, 2.24) is 14.5 Å². The minimum absolute atomic E-state index is 0.413. The normalized spacial score (nSPS) is 16.3. The number of carbonyl (C=O) groups is 1. The van der Waals surface area contributed by atoms with Crippen LogP contribution in [-0.4, -0.2) is 38.7 Å². The van der Waals surface area contributed by atoms with Gasteiger partial charge in [0.1, 0.15) is 0 Å². The Morgan fingerprint density at radius 3 is 2.86 bits per heavy atom. The lowest BCUT2D eigenvalue weighted by Gasteiger charge is -2.29. The average molecular weight is 301 g/mol. The fraction of sp³-hybridized carbons (Fsp3) is 0.529. The smallest absolute Gasteiger partial charge is 0.407 e. The molecule has 2 aromatic heterocycles. The van der Waals surface area contributed by atoms with E-state index >= 15 is 0 Å². The Balaban J connectivity index is 1.86. The Morgan fingerprint density at radius 1 is 1.41 bits per heavy atom. The highest BCUT2D eigenvalue weighted by Crippen LogP contribution is 2.33. The summed E-state index contributed by atoms with van der Waals surface area (Å²) in [6.45, 7) is 4.46. The monoisotopic (exact) mass is 301 g/mol. The number of aromatic nitrogens is 2. The summed E-state index contributed by atoms with van der Waals surface area (Å²) in [6.07, 6.45) is 7.39. The van der Waals surface area contributed by atoms with Crippen LogP contribution in [0, 0.1) is 0 Å². The molecule has 2 aromatic rings. The second-order valence-corrected chi connectivity index (χ2v) is 6.05. The number of pyridine rings is 1. The lowest BCUT2D eigenvalue weighted by atomic mass is 9.90. The molecule has 1 aliphatic heterocycles. The number of carboxylic acid groups (broad SMARTS) is 1. The first-order valence-electron chi connectivity index (χ1n) is 8.12. The summed E-state index contributed by atoms with van der Waals surface area (Å²) >= 11 is 0. The summed E-state index contributed by atoms with van der Waals surface area (Å²) in [5.74, 6) is 0.413. The average Bonchev–Trinajstić information content (AvgIpc) is 2.92. The summed E-state index contributed by atoms with van der Waals surface area (Å²) < 4.78 is 2.31. The molecule has 0 saturated carbocycles. The maximum Gasteiger partial charge on any atom is 0.407 e. The maximum atomic E-state index is 11.0. The van der Waals surface area contributed by atoms with E-state index in [2.05, 4.69) is 28.7 Å². The number of hydrogen-bond donors (Lipinski definition) is 1. The quantitative estimate of drug-likeness (QED) is 0.937. The first-order chi connectivity index (χ1) is 10.7. The molecule has 118 valence electrons. The van der Waals surface area contributed by atoms with Crippen LogP contribution in [0.15, 0.2) is 24.5 Å². The van der Waals surface area contributed by atoms with Crippen molar-refractivity contribution in [3.05, 3.63) is 30.1 Å². The SMILES string of the molecule is CCCCn1cc(C2CCN(C(=O)O)CC2)c2ncccc21. The number of fused-ring (bicyclic) bond motifs is 1. The molecule has 1 fully saturated rings. The zero-order chi connectivity index (χ0) is 15.5. The zero-order valence-electron chi connectivity index (χ0n) is 13.0. The summed E-state index contributed by atoms with van der Waals surface area (Å²) in [4.78, 5) is 17.1. The summed E-state index contributed by atoms with van der Waals surface area (Å²) in [7, 11) is 0. The van der Waals surface area contributed by atoms with Crippen LogP contribution in [0.5, 0.6) is 0 Å². The molecule has 1 amide bonds. The maximum absolute atomic E-state index is 11.0. The van der Waals surface area contributed by atoms with Crippen molar-refractivity contribution in [3.8, 4) is 0 Å². The van der Waals surface area contributed by atoms with Gasteiger partial charge in [0, 0.05) is 32.0 Å². The molecule has 22 heavy (non-hydrogen) atoms. The van der Waals surface area contributed by atoms with Gasteiger partial charge in [-0.25, -0.2) is 4.79 Å². The molecular formula is C17H23N3O2. The molecule has 0 unspecified atom stereocenters. The van der Waals surface area contributed by atoms with Crippen molar-refractivity contribution < 1.29 is 9.90 Å². The highest BCUT2D eigenvalue weighted by molar-refractivity contribution is 5.80. The molecule has 0 radical (unpaired) electrons. The van der Waals surface area contributed by atoms with E-state index in [0.717, 1.165) is 31.3 Å². The van der Waals surface area contributed by atoms with Gasteiger partial charge in [-0.15, -0.1) is 0 Å². The van der Waals surface area contributed by atoms with Crippen LogP contribution in [0.4, 0.5) is 4.79 Å². The van der Waals surface area contributed by atoms with Gasteiger partial charge in [-0.1, -0.05) is 13.3 Å². The third kappa shape index (κ3) is 2.80. The van der Waals surface area contributed by atoms with E-state index in [1.165, 1.54) is 22.4 Å². The number of nitrogens with zero attached hydrogens (tertiary/aromatic N) is 3. The highest BCUT2D eigenvalue weighted by atomic mass is 16.4. The van der Waals surface area contributed by atoms with Crippen molar-refractivity contribution in [2.45, 2.75) is 45.1 Å². The van der Waals surface area contributed by atoms with E-state index in [9.17, 15) is 4.79 Å². The third-order valence-electron chi connectivity index (χ3n) is 4.62. The molecule has 5 nitrogen and oxygen atoms in total. The third-order valence-corrected chi connectivity index (χ3v) is 4.62. The van der Waals surface area contributed by atoms with Gasteiger partial charge in [-0.2, -0.15) is 0 Å². The molecule has 1 saturated heterocycles. The molecule has 3 heterocycles. The standard InChI is InChI=1S/C17H23N3O2/c1-2-3-9-20-12-14(16-15(20)5-4-8-18-16)13-6-10-19(11-7-13)17(21)22/h4-5,8,12-13H,2-3,6-7,9-11H2,1H3,(H,21,22). The minimum atomic E-state index is -0.804. The van der Waals surface area contributed by atoms with Crippen LogP contribution >= 0.6 is 0 Å². The molecule has 3 rings (SSSR count). The second kappa shape index (κ2) is 6.38. The van der Waals surface area contributed by atoms with Crippen LogP contribution in [0.3, 0.4) is 0 Å². The van der Waals surface area contributed by atoms with Gasteiger partial charge in [-0.3, -0.25) is 4.98 Å². The molecule has 1 N–H and O–H groups in total.